The van der Waals surface area contributed by atoms with Crippen LogP contribution in [-0.2, 0) is 4.79 Å². The number of carbonyl (C=O) groups is 1. The van der Waals surface area contributed by atoms with E-state index in [1.54, 1.807) is 13.4 Å². The molecule has 1 amide bonds. The summed E-state index contributed by atoms with van der Waals surface area (Å²) in [6.07, 6.45) is 12.8. The fourth-order valence-electron chi connectivity index (χ4n) is 7.43. The van der Waals surface area contributed by atoms with Gasteiger partial charge < -0.3 is 14.1 Å². The molecule has 0 radical (unpaired) electrons. The van der Waals surface area contributed by atoms with Gasteiger partial charge in [0.2, 0.25) is 5.91 Å². The number of rotatable bonds is 8. The van der Waals surface area contributed by atoms with Crippen molar-refractivity contribution in [2.75, 3.05) is 18.6 Å². The van der Waals surface area contributed by atoms with Crippen molar-refractivity contribution in [3.8, 4) is 17.0 Å². The van der Waals surface area contributed by atoms with Crippen molar-refractivity contribution in [1.82, 2.24) is 9.97 Å². The van der Waals surface area contributed by atoms with Crippen molar-refractivity contribution < 1.29 is 13.9 Å². The van der Waals surface area contributed by atoms with Crippen LogP contribution in [0.1, 0.15) is 114 Å². The van der Waals surface area contributed by atoms with Gasteiger partial charge in [-0.05, 0) is 113 Å². The SMILES string of the molecule is COc1ccc(C2CCC(CN(C(=O)C3CCC(C(C)(C)C)CC3)c3cccc(-c4coc(C5CC5)n4)c3)CC2)nc1C. The number of carbonyl (C=O) groups excluding carboxylic acids is 1. The van der Waals surface area contributed by atoms with E-state index in [0.717, 1.165) is 105 Å². The van der Waals surface area contributed by atoms with Crippen LogP contribution in [0.2, 0.25) is 0 Å². The van der Waals surface area contributed by atoms with Gasteiger partial charge in [0.15, 0.2) is 5.89 Å². The highest BCUT2D eigenvalue weighted by atomic mass is 16.5. The summed E-state index contributed by atoms with van der Waals surface area (Å²) in [7, 11) is 1.70. The van der Waals surface area contributed by atoms with Crippen molar-refractivity contribution in [3.63, 3.8) is 0 Å². The number of methoxy groups -OCH3 is 1. The van der Waals surface area contributed by atoms with E-state index in [1.807, 2.05) is 13.0 Å². The van der Waals surface area contributed by atoms with Crippen molar-refractivity contribution in [2.24, 2.45) is 23.2 Å². The van der Waals surface area contributed by atoms with Gasteiger partial charge in [-0.3, -0.25) is 9.78 Å². The topological polar surface area (TPSA) is 68.5 Å². The average molecular weight is 584 g/mol. The molecule has 0 atom stereocenters. The van der Waals surface area contributed by atoms with Crippen LogP contribution in [-0.4, -0.2) is 29.5 Å². The van der Waals surface area contributed by atoms with Crippen molar-refractivity contribution >= 4 is 11.6 Å². The summed E-state index contributed by atoms with van der Waals surface area (Å²) in [5.41, 5.74) is 5.31. The zero-order chi connectivity index (χ0) is 30.1. The molecule has 0 saturated heterocycles. The Bertz CT molecular complexity index is 1400. The third-order valence-electron chi connectivity index (χ3n) is 10.5. The molecule has 3 aliphatic carbocycles. The van der Waals surface area contributed by atoms with Gasteiger partial charge in [0.05, 0.1) is 12.8 Å². The highest BCUT2D eigenvalue weighted by Gasteiger charge is 2.36. The number of pyridine rings is 1. The summed E-state index contributed by atoms with van der Waals surface area (Å²) in [6.45, 7) is 9.82. The fraction of sp³-hybridized carbons (Fsp3) is 0.595. The van der Waals surface area contributed by atoms with E-state index in [0.29, 0.717) is 35.0 Å². The molecular weight excluding hydrogens is 534 g/mol. The molecule has 0 aliphatic heterocycles. The molecule has 3 fully saturated rings. The first-order valence-electron chi connectivity index (χ1n) is 16.6. The van der Waals surface area contributed by atoms with Crippen LogP contribution in [0.4, 0.5) is 5.69 Å². The molecular formula is C37H49N3O3. The summed E-state index contributed by atoms with van der Waals surface area (Å²) in [6, 6.07) is 12.6. The lowest BCUT2D eigenvalue weighted by molar-refractivity contribution is -0.124. The monoisotopic (exact) mass is 583 g/mol. The number of oxazole rings is 1. The number of amides is 1. The molecule has 6 rings (SSSR count). The Morgan fingerprint density at radius 1 is 0.930 bits per heavy atom. The van der Waals surface area contributed by atoms with E-state index in [9.17, 15) is 4.79 Å². The summed E-state index contributed by atoms with van der Waals surface area (Å²) >= 11 is 0. The summed E-state index contributed by atoms with van der Waals surface area (Å²) in [4.78, 5) is 26.1. The smallest absolute Gasteiger partial charge is 0.230 e. The second-order valence-corrected chi connectivity index (χ2v) is 14.5. The minimum atomic E-state index is 0.0959. The van der Waals surface area contributed by atoms with E-state index in [-0.39, 0.29) is 5.92 Å². The van der Waals surface area contributed by atoms with Crippen LogP contribution in [0, 0.1) is 30.1 Å². The Morgan fingerprint density at radius 2 is 1.65 bits per heavy atom. The first-order valence-corrected chi connectivity index (χ1v) is 16.6. The predicted molar refractivity (Wildman–Crippen MR) is 171 cm³/mol. The Hall–Kier alpha value is -3.15. The van der Waals surface area contributed by atoms with E-state index < -0.39 is 0 Å². The van der Waals surface area contributed by atoms with Crippen LogP contribution in [0.15, 0.2) is 47.1 Å². The summed E-state index contributed by atoms with van der Waals surface area (Å²) in [5, 5.41) is 0. The first-order chi connectivity index (χ1) is 20.7. The van der Waals surface area contributed by atoms with E-state index in [2.05, 4.69) is 56.0 Å². The van der Waals surface area contributed by atoms with Crippen LogP contribution >= 0.6 is 0 Å². The molecule has 2 heterocycles. The van der Waals surface area contributed by atoms with Gasteiger partial charge in [-0.25, -0.2) is 4.98 Å². The van der Waals surface area contributed by atoms with Crippen LogP contribution in [0.3, 0.4) is 0 Å². The Morgan fingerprint density at radius 3 is 2.30 bits per heavy atom. The minimum Gasteiger partial charge on any atom is -0.495 e. The van der Waals surface area contributed by atoms with Crippen molar-refractivity contribution in [1.29, 1.82) is 0 Å². The van der Waals surface area contributed by atoms with Gasteiger partial charge in [-0.15, -0.1) is 0 Å². The van der Waals surface area contributed by atoms with Gasteiger partial charge in [-0.2, -0.15) is 0 Å². The van der Waals surface area contributed by atoms with Crippen LogP contribution < -0.4 is 9.64 Å². The lowest BCUT2D eigenvalue weighted by atomic mass is 9.69. The summed E-state index contributed by atoms with van der Waals surface area (Å²) < 4.78 is 11.2. The molecule has 6 heteroatoms. The maximum Gasteiger partial charge on any atom is 0.230 e. The molecule has 2 aromatic heterocycles. The standard InChI is InChI=1S/C37H49N3O3/c1-24-34(42-5)20-19-32(38-24)26-11-9-25(10-12-26)22-40(36(41)28-15-17-30(18-16-28)37(2,3)4)31-8-6-7-29(21-31)33-23-43-35(39-33)27-13-14-27/h6-8,19-21,23,25-28,30H,9-18,22H2,1-5H3. The lowest BCUT2D eigenvalue weighted by Crippen LogP contribution is -2.42. The minimum absolute atomic E-state index is 0.0959. The average Bonchev–Trinajstić information content (AvgIpc) is 3.75. The highest BCUT2D eigenvalue weighted by molar-refractivity contribution is 5.95. The van der Waals surface area contributed by atoms with Crippen LogP contribution in [0.25, 0.3) is 11.3 Å². The Balaban J connectivity index is 1.19. The first kappa shape index (κ1) is 29.9. The second-order valence-electron chi connectivity index (χ2n) is 14.5. The van der Waals surface area contributed by atoms with Gasteiger partial charge in [-0.1, -0.05) is 32.9 Å². The number of aryl methyl sites for hydroxylation is 1. The highest BCUT2D eigenvalue weighted by Crippen LogP contribution is 2.43. The molecule has 230 valence electrons. The molecule has 3 aliphatic rings. The summed E-state index contributed by atoms with van der Waals surface area (Å²) in [5.74, 6) is 4.20. The largest absolute Gasteiger partial charge is 0.495 e. The molecule has 0 unspecified atom stereocenters. The number of ether oxygens (including phenoxy) is 1. The fourth-order valence-corrected chi connectivity index (χ4v) is 7.43. The third kappa shape index (κ3) is 6.84. The zero-order valence-electron chi connectivity index (χ0n) is 26.8. The van der Waals surface area contributed by atoms with Gasteiger partial charge >= 0.3 is 0 Å². The predicted octanol–water partition coefficient (Wildman–Crippen LogP) is 9.09. The van der Waals surface area contributed by atoms with Crippen LogP contribution in [0.5, 0.6) is 5.75 Å². The van der Waals surface area contributed by atoms with Crippen molar-refractivity contribution in [2.45, 2.75) is 104 Å². The molecule has 1 aromatic carbocycles. The van der Waals surface area contributed by atoms with Gasteiger partial charge in [0.1, 0.15) is 17.7 Å². The number of aromatic nitrogens is 2. The zero-order valence-corrected chi connectivity index (χ0v) is 26.8. The molecule has 43 heavy (non-hydrogen) atoms. The number of hydrogen-bond donors (Lipinski definition) is 0. The van der Waals surface area contributed by atoms with E-state index in [4.69, 9.17) is 19.1 Å². The number of hydrogen-bond acceptors (Lipinski definition) is 5. The number of benzene rings is 1. The second kappa shape index (κ2) is 12.5. The van der Waals surface area contributed by atoms with E-state index in [1.165, 1.54) is 5.69 Å². The molecule has 0 bridgehead atoms. The molecule has 3 saturated carbocycles. The Kier molecular flexibility index (Phi) is 8.66. The normalized spacial score (nSPS) is 24.5. The van der Waals surface area contributed by atoms with Gasteiger partial charge in [0.25, 0.3) is 0 Å². The number of nitrogens with zero attached hydrogens (tertiary/aromatic N) is 3. The molecule has 3 aromatic rings. The van der Waals surface area contributed by atoms with E-state index >= 15 is 0 Å². The molecule has 6 nitrogen and oxygen atoms in total. The molecule has 0 spiro atoms. The quantitative estimate of drug-likeness (QED) is 0.265. The Labute approximate surface area is 257 Å². The van der Waals surface area contributed by atoms with Gasteiger partial charge in [0, 0.05) is 41.2 Å². The van der Waals surface area contributed by atoms with Crippen molar-refractivity contribution in [3.05, 3.63) is 59.9 Å². The maximum absolute atomic E-state index is 14.3. The maximum atomic E-state index is 14.3. The third-order valence-corrected chi connectivity index (χ3v) is 10.5. The lowest BCUT2D eigenvalue weighted by Gasteiger charge is -2.39. The molecule has 0 N–H and O–H groups in total. The number of anilines is 1.